The summed E-state index contributed by atoms with van der Waals surface area (Å²) in [4.78, 5) is 17.6. The summed E-state index contributed by atoms with van der Waals surface area (Å²) in [7, 11) is 2.28. The average molecular weight is 370 g/mol. The molecule has 2 aliphatic heterocycles. The van der Waals surface area contributed by atoms with Crippen LogP contribution >= 0.6 is 11.6 Å². The topological polar surface area (TPSA) is 48.0 Å². The van der Waals surface area contributed by atoms with Gasteiger partial charge in [0.25, 0.3) is 0 Å². The van der Waals surface area contributed by atoms with Gasteiger partial charge in [0, 0.05) is 49.9 Å². The molecule has 0 aromatic carbocycles. The van der Waals surface area contributed by atoms with Gasteiger partial charge in [0.15, 0.2) is 0 Å². The van der Waals surface area contributed by atoms with Gasteiger partial charge in [-0.1, -0.05) is 17.7 Å². The number of aromatic amines is 1. The third kappa shape index (κ3) is 2.66. The second-order valence-corrected chi connectivity index (χ2v) is 7.85. The van der Waals surface area contributed by atoms with Gasteiger partial charge in [0.2, 0.25) is 0 Å². The Morgan fingerprint density at radius 3 is 3.04 bits per heavy atom. The number of pyridine rings is 2. The van der Waals surface area contributed by atoms with Gasteiger partial charge in [-0.2, -0.15) is 0 Å². The van der Waals surface area contributed by atoms with Gasteiger partial charge < -0.3 is 9.88 Å². The molecule has 2 fully saturated rings. The van der Waals surface area contributed by atoms with Crippen molar-refractivity contribution in [2.75, 3.05) is 25.0 Å². The molecule has 2 aliphatic rings. The van der Waals surface area contributed by atoms with Crippen molar-refractivity contribution in [2.45, 2.75) is 31.3 Å². The lowest BCUT2D eigenvalue weighted by Crippen LogP contribution is -2.36. The van der Waals surface area contributed by atoms with Gasteiger partial charge in [-0.05, 0) is 44.5 Å². The van der Waals surface area contributed by atoms with Crippen molar-refractivity contribution in [1.29, 1.82) is 0 Å². The van der Waals surface area contributed by atoms with Crippen LogP contribution in [0.1, 0.15) is 20.7 Å². The Labute approximate surface area is 159 Å². The zero-order valence-electron chi connectivity index (χ0n) is 14.8. The Hall–Kier alpha value is -2.11. The molecule has 3 aromatic rings. The number of nitrogens with zero attached hydrogens (tertiary/aromatic N) is 4. The zero-order valence-corrected chi connectivity index (χ0v) is 15.6. The molecular weight excluding hydrogens is 346 g/mol. The summed E-state index contributed by atoms with van der Waals surface area (Å²) in [6.07, 6.45) is 7.48. The van der Waals surface area contributed by atoms with Crippen LogP contribution in [0.3, 0.4) is 0 Å². The monoisotopic (exact) mass is 369 g/mol. The molecule has 5 nitrogen and oxygen atoms in total. The Kier molecular flexibility index (Phi) is 3.87. The maximum atomic E-state index is 6.15. The highest BCUT2D eigenvalue weighted by molar-refractivity contribution is 6.31. The second kappa shape index (κ2) is 6.25. The molecule has 5 heterocycles. The van der Waals surface area contributed by atoms with Crippen LogP contribution in [0.4, 0.5) is 5.82 Å². The summed E-state index contributed by atoms with van der Waals surface area (Å²) in [5.41, 5.74) is 2.84. The molecule has 2 saturated heterocycles. The molecule has 1 N–H and O–H groups in total. The Balaban J connectivity index is 0.00000180. The second-order valence-electron chi connectivity index (χ2n) is 7.42. The summed E-state index contributed by atoms with van der Waals surface area (Å²) in [5, 5.41) is 1.65. The first-order valence-corrected chi connectivity index (χ1v) is 9.64. The minimum absolute atomic E-state index is 0. The predicted molar refractivity (Wildman–Crippen MR) is 108 cm³/mol. The van der Waals surface area contributed by atoms with E-state index in [0.29, 0.717) is 11.1 Å². The number of hydrogen-bond acceptors (Lipinski definition) is 4. The van der Waals surface area contributed by atoms with E-state index >= 15 is 0 Å². The van der Waals surface area contributed by atoms with E-state index in [0.717, 1.165) is 47.2 Å². The van der Waals surface area contributed by atoms with Crippen LogP contribution < -0.4 is 4.90 Å². The molecule has 6 heteroatoms. The van der Waals surface area contributed by atoms with Gasteiger partial charge in [-0.3, -0.25) is 4.90 Å². The van der Waals surface area contributed by atoms with Crippen LogP contribution in [0.15, 0.2) is 36.7 Å². The summed E-state index contributed by atoms with van der Waals surface area (Å²) >= 11 is 6.15. The fourth-order valence-electron chi connectivity index (χ4n) is 4.46. The molecule has 136 valence electrons. The Morgan fingerprint density at radius 1 is 1.23 bits per heavy atom. The summed E-state index contributed by atoms with van der Waals surface area (Å²) in [6, 6.07) is 9.61. The molecule has 0 amide bonds. The highest BCUT2D eigenvalue weighted by atomic mass is 35.5. The molecule has 5 rings (SSSR count). The van der Waals surface area contributed by atoms with Gasteiger partial charge in [0.05, 0.1) is 10.7 Å². The predicted octanol–water partition coefficient (Wildman–Crippen LogP) is 4.20. The number of rotatable bonds is 2. The molecule has 0 radical (unpaired) electrons. The maximum absolute atomic E-state index is 6.15. The largest absolute Gasteiger partial charge is 0.355 e. The van der Waals surface area contributed by atoms with Crippen LogP contribution in [0.5, 0.6) is 0 Å². The van der Waals surface area contributed by atoms with Gasteiger partial charge in [0.1, 0.15) is 11.5 Å². The van der Waals surface area contributed by atoms with Crippen molar-refractivity contribution >= 4 is 28.5 Å². The van der Waals surface area contributed by atoms with E-state index in [-0.39, 0.29) is 1.43 Å². The lowest BCUT2D eigenvalue weighted by molar-refractivity contribution is 0.254. The lowest BCUT2D eigenvalue weighted by atomic mass is 10.1. The average Bonchev–Trinajstić information content (AvgIpc) is 3.15. The van der Waals surface area contributed by atoms with Crippen molar-refractivity contribution in [3.05, 3.63) is 41.7 Å². The third-order valence-corrected chi connectivity index (χ3v) is 6.19. The fourth-order valence-corrected chi connectivity index (χ4v) is 4.61. The van der Waals surface area contributed by atoms with Crippen molar-refractivity contribution in [2.24, 2.45) is 0 Å². The molecule has 26 heavy (non-hydrogen) atoms. The zero-order chi connectivity index (χ0) is 17.7. The standard InChI is InChI=1S/C20H22ClN5.H2/c1-25-14-5-6-15(25)12-26(8-7-14)19-4-2-3-18(24-19)17-11-23-20-16(17)9-13(21)10-22-20;/h2-4,9-11,14-15H,5-8,12H2,1H3,(H,22,23);1H. The number of H-pyrrole nitrogens is 1. The van der Waals surface area contributed by atoms with E-state index < -0.39 is 0 Å². The van der Waals surface area contributed by atoms with E-state index in [4.69, 9.17) is 16.6 Å². The van der Waals surface area contributed by atoms with Crippen LogP contribution in [0, 0.1) is 0 Å². The lowest BCUT2D eigenvalue weighted by Gasteiger charge is -2.27. The smallest absolute Gasteiger partial charge is 0.138 e. The molecule has 3 aromatic heterocycles. The van der Waals surface area contributed by atoms with E-state index in [9.17, 15) is 0 Å². The first-order valence-electron chi connectivity index (χ1n) is 9.26. The van der Waals surface area contributed by atoms with Gasteiger partial charge in [-0.25, -0.2) is 9.97 Å². The number of nitrogens with one attached hydrogen (secondary N) is 1. The number of fused-ring (bicyclic) bond motifs is 3. The van der Waals surface area contributed by atoms with E-state index in [1.807, 2.05) is 12.3 Å². The summed E-state index contributed by atoms with van der Waals surface area (Å²) in [6.45, 7) is 2.13. The molecule has 0 saturated carbocycles. The van der Waals surface area contributed by atoms with Crippen LogP contribution in [0.2, 0.25) is 5.02 Å². The number of hydrogen-bond donors (Lipinski definition) is 1. The number of halogens is 1. The third-order valence-electron chi connectivity index (χ3n) is 5.98. The first-order chi connectivity index (χ1) is 12.7. The van der Waals surface area contributed by atoms with Crippen molar-refractivity contribution < 1.29 is 1.43 Å². The minimum Gasteiger partial charge on any atom is -0.355 e. The molecule has 2 bridgehead atoms. The molecule has 2 unspecified atom stereocenters. The van der Waals surface area contributed by atoms with Crippen LogP contribution in [-0.4, -0.2) is 52.1 Å². The van der Waals surface area contributed by atoms with Crippen molar-refractivity contribution in [3.8, 4) is 11.3 Å². The first kappa shape index (κ1) is 16.1. The summed E-state index contributed by atoms with van der Waals surface area (Å²) in [5.74, 6) is 1.06. The Morgan fingerprint density at radius 2 is 2.12 bits per heavy atom. The quantitative estimate of drug-likeness (QED) is 0.735. The van der Waals surface area contributed by atoms with E-state index in [2.05, 4.69) is 45.0 Å². The molecule has 0 aliphatic carbocycles. The normalized spacial score (nSPS) is 23.5. The number of aromatic nitrogens is 3. The Bertz CT molecular complexity index is 958. The highest BCUT2D eigenvalue weighted by Gasteiger charge is 2.34. The van der Waals surface area contributed by atoms with Gasteiger partial charge in [-0.15, -0.1) is 0 Å². The van der Waals surface area contributed by atoms with Gasteiger partial charge >= 0.3 is 0 Å². The molecular formula is C20H24ClN5. The fraction of sp³-hybridized carbons (Fsp3) is 0.400. The SMILES string of the molecule is CN1C2CCC1CN(c1cccc(-c3c[nH]c4ncc(Cl)cc34)n1)CC2.[HH]. The highest BCUT2D eigenvalue weighted by Crippen LogP contribution is 2.32. The van der Waals surface area contributed by atoms with E-state index in [1.54, 1.807) is 6.20 Å². The maximum Gasteiger partial charge on any atom is 0.138 e. The number of likely N-dealkylation sites (N-methyl/N-ethyl adjacent to an activating group) is 1. The van der Waals surface area contributed by atoms with Crippen molar-refractivity contribution in [1.82, 2.24) is 19.9 Å². The van der Waals surface area contributed by atoms with E-state index in [1.165, 1.54) is 19.3 Å². The number of anilines is 1. The molecule has 0 spiro atoms. The summed E-state index contributed by atoms with van der Waals surface area (Å²) < 4.78 is 0. The van der Waals surface area contributed by atoms with Crippen LogP contribution in [0.25, 0.3) is 22.3 Å². The van der Waals surface area contributed by atoms with Crippen molar-refractivity contribution in [3.63, 3.8) is 0 Å². The molecule has 2 atom stereocenters. The minimum atomic E-state index is 0. The van der Waals surface area contributed by atoms with Crippen LogP contribution in [-0.2, 0) is 0 Å².